The van der Waals surface area contributed by atoms with Crippen molar-refractivity contribution < 1.29 is 43.9 Å². The third kappa shape index (κ3) is 4.91. The van der Waals surface area contributed by atoms with Crippen molar-refractivity contribution in [2.24, 2.45) is 11.8 Å². The summed E-state index contributed by atoms with van der Waals surface area (Å²) in [7, 11) is 0. The molecule has 5 atom stereocenters. The highest BCUT2D eigenvalue weighted by atomic mass is 16.6. The molecule has 9 nitrogen and oxygen atoms in total. The van der Waals surface area contributed by atoms with E-state index in [2.05, 4.69) is 6.08 Å². The van der Waals surface area contributed by atoms with E-state index < -0.39 is 51.6 Å². The summed E-state index contributed by atoms with van der Waals surface area (Å²) in [4.78, 5) is 40.9. The first-order valence-corrected chi connectivity index (χ1v) is 16.5. The van der Waals surface area contributed by atoms with Crippen molar-refractivity contribution in [2.75, 3.05) is 0 Å². The summed E-state index contributed by atoms with van der Waals surface area (Å²) in [6.45, 7) is 14.7. The van der Waals surface area contributed by atoms with Gasteiger partial charge in [0.05, 0.1) is 16.8 Å². The van der Waals surface area contributed by atoms with Gasteiger partial charge in [0.1, 0.15) is 28.4 Å². The lowest BCUT2D eigenvalue weighted by Gasteiger charge is -2.56. The Kier molecular flexibility index (Phi) is 7.53. The first kappa shape index (κ1) is 33.2. The molecule has 1 aromatic rings. The van der Waals surface area contributed by atoms with E-state index in [1.807, 2.05) is 40.7 Å². The largest absolute Gasteiger partial charge is 0.506 e. The summed E-state index contributed by atoms with van der Waals surface area (Å²) in [5.74, 6) is -2.63. The number of carboxylic acids is 1. The monoisotopic (exact) mass is 646 g/mol. The molecule has 0 amide bonds. The molecule has 2 fully saturated rings. The van der Waals surface area contributed by atoms with E-state index in [9.17, 15) is 29.7 Å². The number of aliphatic carboxylic acids is 1. The second-order valence-corrected chi connectivity index (χ2v) is 15.6. The van der Waals surface area contributed by atoms with Crippen LogP contribution in [0, 0.1) is 11.8 Å². The Balaban J connectivity index is 1.58. The average Bonchev–Trinajstić information content (AvgIpc) is 3.11. The molecule has 0 unspecified atom stereocenters. The Bertz CT molecular complexity index is 1710. The molecule has 1 aromatic carbocycles. The fourth-order valence-corrected chi connectivity index (χ4v) is 8.34. The van der Waals surface area contributed by atoms with Crippen molar-refractivity contribution >= 4 is 23.6 Å². The number of fused-ring (bicyclic) bond motifs is 2. The summed E-state index contributed by atoms with van der Waals surface area (Å²) >= 11 is 0. The summed E-state index contributed by atoms with van der Waals surface area (Å²) in [6, 6.07) is 0. The van der Waals surface area contributed by atoms with E-state index in [1.165, 1.54) is 18.6 Å². The van der Waals surface area contributed by atoms with Crippen LogP contribution in [-0.4, -0.2) is 60.9 Å². The standard InChI is InChI=1S/C38H46O9/c1-20(2)10-9-14-36(8)16-13-23-28(39)27-29(40)25-18-22-19-26-35(6,7)47-37(32(22)41,17-11-21(3)33(42)43)38(25,26)46-31(27)24(30(23)45-36)12-15-34(4,5)44/h10-11,13,16,18,22,26,39,44H,9,12,14-15,17,19H2,1-8H3,(H,42,43)/b21-11-/t22-,26+,36+,37+,38-/m1/s1. The quantitative estimate of drug-likeness (QED) is 0.204. The lowest BCUT2D eigenvalue weighted by molar-refractivity contribution is -0.171. The van der Waals surface area contributed by atoms with E-state index in [-0.39, 0.29) is 46.8 Å². The molecule has 6 aliphatic rings. The van der Waals surface area contributed by atoms with Crippen LogP contribution in [0.3, 0.4) is 0 Å². The highest BCUT2D eigenvalue weighted by Gasteiger charge is 2.81. The van der Waals surface area contributed by atoms with Crippen molar-refractivity contribution in [2.45, 2.75) is 122 Å². The SMILES string of the molecule is CC(C)=CCC[C@@]1(C)C=Cc2c(O)c3c(c(CCC(C)(C)O)c2O1)O[C@]12C(=C[C@@H]4C[C@H]1C(C)(C)O[C@@]2(C/C=C(/C)C(=O)O)C4=O)C3=O. The van der Waals surface area contributed by atoms with Gasteiger partial charge in [-0.15, -0.1) is 0 Å². The number of ketones is 2. The Hall–Kier alpha value is -3.69. The Morgan fingerprint density at radius 1 is 1.09 bits per heavy atom. The molecule has 3 aliphatic carbocycles. The van der Waals surface area contributed by atoms with Crippen LogP contribution in [0.2, 0.25) is 0 Å². The van der Waals surface area contributed by atoms with E-state index in [1.54, 1.807) is 26.0 Å². The summed E-state index contributed by atoms with van der Waals surface area (Å²) < 4.78 is 20.5. The number of carbonyl (C=O) groups excluding carboxylic acids is 2. The van der Waals surface area contributed by atoms with Gasteiger partial charge in [0.25, 0.3) is 0 Å². The topological polar surface area (TPSA) is 140 Å². The molecule has 252 valence electrons. The number of Topliss-reactive ketones (excluding diaryl/α,β-unsaturated/α-hetero) is 2. The number of benzene rings is 1. The summed E-state index contributed by atoms with van der Waals surface area (Å²) in [5, 5.41) is 32.3. The fourth-order valence-electron chi connectivity index (χ4n) is 8.34. The number of carboxylic acid groups (broad SMARTS) is 1. The number of carbonyl (C=O) groups is 3. The lowest BCUT2D eigenvalue weighted by Crippen LogP contribution is -2.72. The number of aliphatic hydroxyl groups is 1. The van der Waals surface area contributed by atoms with Crippen molar-refractivity contribution in [1.82, 2.24) is 0 Å². The predicted molar refractivity (Wildman–Crippen MR) is 176 cm³/mol. The molecule has 3 heterocycles. The van der Waals surface area contributed by atoms with Crippen LogP contribution in [0.1, 0.15) is 109 Å². The molecular formula is C38H46O9. The maximum atomic E-state index is 14.7. The van der Waals surface area contributed by atoms with Gasteiger partial charge >= 0.3 is 5.97 Å². The smallest absolute Gasteiger partial charge is 0.330 e. The van der Waals surface area contributed by atoms with Crippen molar-refractivity contribution in [3.63, 3.8) is 0 Å². The molecule has 3 aliphatic heterocycles. The van der Waals surface area contributed by atoms with Crippen molar-refractivity contribution in [1.29, 1.82) is 0 Å². The van der Waals surface area contributed by atoms with E-state index in [4.69, 9.17) is 14.2 Å². The van der Waals surface area contributed by atoms with Gasteiger partial charge in [-0.25, -0.2) is 4.79 Å². The molecule has 0 aromatic heterocycles. The number of allylic oxidation sites excluding steroid dienone is 3. The number of ether oxygens (including phenoxy) is 3. The molecule has 1 spiro atoms. The number of hydrogen-bond donors (Lipinski definition) is 3. The maximum Gasteiger partial charge on any atom is 0.330 e. The van der Waals surface area contributed by atoms with Gasteiger partial charge in [-0.2, -0.15) is 0 Å². The minimum atomic E-state index is -1.67. The highest BCUT2D eigenvalue weighted by Crippen LogP contribution is 2.68. The number of aromatic hydroxyl groups is 1. The average molecular weight is 647 g/mol. The zero-order valence-corrected chi connectivity index (χ0v) is 28.6. The minimum Gasteiger partial charge on any atom is -0.506 e. The third-order valence-corrected chi connectivity index (χ3v) is 10.8. The Morgan fingerprint density at radius 2 is 1.79 bits per heavy atom. The van der Waals surface area contributed by atoms with Crippen LogP contribution in [-0.2, 0) is 20.7 Å². The minimum absolute atomic E-state index is 0.00243. The molecule has 1 saturated carbocycles. The number of phenols is 1. The molecule has 4 bridgehead atoms. The van der Waals surface area contributed by atoms with Gasteiger partial charge in [0, 0.05) is 35.0 Å². The molecule has 9 heteroatoms. The molecule has 47 heavy (non-hydrogen) atoms. The predicted octanol–water partition coefficient (Wildman–Crippen LogP) is 6.43. The lowest BCUT2D eigenvalue weighted by atomic mass is 9.51. The van der Waals surface area contributed by atoms with Crippen LogP contribution >= 0.6 is 0 Å². The molecule has 0 radical (unpaired) electrons. The molecular weight excluding hydrogens is 600 g/mol. The first-order valence-electron chi connectivity index (χ1n) is 16.5. The van der Waals surface area contributed by atoms with Gasteiger partial charge in [-0.3, -0.25) is 9.59 Å². The van der Waals surface area contributed by atoms with E-state index in [0.29, 0.717) is 36.1 Å². The number of rotatable bonds is 9. The van der Waals surface area contributed by atoms with Crippen LogP contribution < -0.4 is 9.47 Å². The van der Waals surface area contributed by atoms with Crippen molar-refractivity contribution in [3.8, 4) is 17.2 Å². The summed E-state index contributed by atoms with van der Waals surface area (Å²) in [6.07, 6.45) is 11.3. The van der Waals surface area contributed by atoms with Gasteiger partial charge in [0.2, 0.25) is 0 Å². The van der Waals surface area contributed by atoms with Crippen LogP contribution in [0.15, 0.2) is 41.0 Å². The molecule has 3 N–H and O–H groups in total. The Morgan fingerprint density at radius 3 is 2.43 bits per heavy atom. The van der Waals surface area contributed by atoms with Crippen LogP contribution in [0.4, 0.5) is 0 Å². The van der Waals surface area contributed by atoms with Gasteiger partial charge in [-0.05, 0) is 99.6 Å². The number of phenolic OH excluding ortho intramolecular Hbond substituents is 1. The zero-order valence-electron chi connectivity index (χ0n) is 28.6. The molecule has 1 saturated heterocycles. The van der Waals surface area contributed by atoms with Gasteiger partial charge < -0.3 is 29.5 Å². The van der Waals surface area contributed by atoms with Gasteiger partial charge in [-0.1, -0.05) is 23.8 Å². The molecule has 7 rings (SSSR count). The van der Waals surface area contributed by atoms with E-state index in [0.717, 1.165) is 6.42 Å². The van der Waals surface area contributed by atoms with Crippen LogP contribution in [0.5, 0.6) is 17.2 Å². The van der Waals surface area contributed by atoms with Gasteiger partial charge in [0.15, 0.2) is 22.8 Å². The first-order chi connectivity index (χ1) is 21.8. The van der Waals surface area contributed by atoms with Crippen molar-refractivity contribution in [3.05, 3.63) is 57.7 Å². The maximum absolute atomic E-state index is 14.7. The third-order valence-electron chi connectivity index (χ3n) is 10.8. The fraction of sp³-hybridized carbons (Fsp3) is 0.553. The second kappa shape index (κ2) is 10.7. The normalized spacial score (nSPS) is 31.3. The summed E-state index contributed by atoms with van der Waals surface area (Å²) in [5.41, 5.74) is -3.54. The highest BCUT2D eigenvalue weighted by molar-refractivity contribution is 6.19. The number of hydrogen-bond acceptors (Lipinski definition) is 8. The second-order valence-electron chi connectivity index (χ2n) is 15.6. The zero-order chi connectivity index (χ0) is 34.5. The Labute approximate surface area is 276 Å². The van der Waals surface area contributed by atoms with E-state index >= 15 is 0 Å². The van der Waals surface area contributed by atoms with Crippen LogP contribution in [0.25, 0.3) is 6.08 Å².